The van der Waals surface area contributed by atoms with Crippen LogP contribution < -0.4 is 0 Å². The first kappa shape index (κ1) is 25.8. The fourth-order valence-electron chi connectivity index (χ4n) is 1.48. The van der Waals surface area contributed by atoms with Gasteiger partial charge in [-0.1, -0.05) is 0 Å². The van der Waals surface area contributed by atoms with E-state index in [0.717, 1.165) is 9.80 Å². The number of hydrogen-bond donors (Lipinski definition) is 4. The second-order valence-electron chi connectivity index (χ2n) is 4.00. The first-order valence-corrected chi connectivity index (χ1v) is 5.52. The van der Waals surface area contributed by atoms with Crippen LogP contribution in [0.1, 0.15) is 0 Å². The van der Waals surface area contributed by atoms with Gasteiger partial charge < -0.3 is 20.4 Å². The maximum absolute atomic E-state index is 10.6. The molecular weight excluding hydrogens is 509 g/mol. The van der Waals surface area contributed by atoms with E-state index in [-0.39, 0.29) is 47.9 Å². The van der Waals surface area contributed by atoms with E-state index in [1.54, 1.807) is 0 Å². The first-order valence-electron chi connectivity index (χ1n) is 5.52. The Balaban J connectivity index is -0.00000180. The van der Waals surface area contributed by atoms with E-state index in [1.165, 1.54) is 0 Å². The number of hydrogen-bond acceptors (Lipinski definition) is 6. The van der Waals surface area contributed by atoms with Crippen molar-refractivity contribution >= 4 is 36.3 Å². The standard InChI is InChI=1S/C10H16N2O8.Au.ClH/c13-7(14)3-11(4-8(15)16)1-2-12(5-9(17)18)6-10(19)20;;/h1-6H2,(H,13,14)(H,15,16)(H,17,18)(H,19,20);;1H. The average molecular weight is 526 g/mol. The van der Waals surface area contributed by atoms with Crippen molar-refractivity contribution in [3.63, 3.8) is 0 Å². The molecule has 1 radical (unpaired) electrons. The van der Waals surface area contributed by atoms with Gasteiger partial charge in [0.25, 0.3) is 0 Å². The molecule has 0 unspecified atom stereocenters. The van der Waals surface area contributed by atoms with Gasteiger partial charge in [-0.05, 0) is 0 Å². The van der Waals surface area contributed by atoms with Gasteiger partial charge in [0.05, 0.1) is 26.2 Å². The molecule has 0 aliphatic carbocycles. The molecule has 0 rings (SSSR count). The van der Waals surface area contributed by atoms with Crippen LogP contribution in [0.2, 0.25) is 0 Å². The van der Waals surface area contributed by atoms with Crippen molar-refractivity contribution < 1.29 is 62.0 Å². The van der Waals surface area contributed by atoms with Crippen molar-refractivity contribution in [2.24, 2.45) is 0 Å². The van der Waals surface area contributed by atoms with Crippen LogP contribution in [0.4, 0.5) is 0 Å². The molecular formula is C10H17AuClN2O8. The largest absolute Gasteiger partial charge is 0.480 e. The SMILES string of the molecule is Cl.O=C(O)CN(CCN(CC(=O)O)CC(=O)O)CC(=O)O.[Au]. The molecule has 10 nitrogen and oxygen atoms in total. The molecule has 0 amide bonds. The summed E-state index contributed by atoms with van der Waals surface area (Å²) in [7, 11) is 0. The predicted molar refractivity (Wildman–Crippen MR) is 70.7 cm³/mol. The van der Waals surface area contributed by atoms with Gasteiger partial charge in [0.2, 0.25) is 0 Å². The number of carboxylic acid groups (broad SMARTS) is 4. The van der Waals surface area contributed by atoms with Gasteiger partial charge in [-0.15, -0.1) is 12.4 Å². The summed E-state index contributed by atoms with van der Waals surface area (Å²) in [5, 5.41) is 34.5. The van der Waals surface area contributed by atoms with Crippen LogP contribution in [0, 0.1) is 0 Å². The average Bonchev–Trinajstić information content (AvgIpc) is 2.22. The second-order valence-corrected chi connectivity index (χ2v) is 4.00. The Labute approximate surface area is 147 Å². The van der Waals surface area contributed by atoms with Crippen LogP contribution in [0.5, 0.6) is 0 Å². The molecule has 0 aliphatic rings. The molecule has 0 fully saturated rings. The fourth-order valence-corrected chi connectivity index (χ4v) is 1.48. The summed E-state index contributed by atoms with van der Waals surface area (Å²) in [6.07, 6.45) is 0. The summed E-state index contributed by atoms with van der Waals surface area (Å²) >= 11 is 0. The number of carboxylic acids is 4. The van der Waals surface area contributed by atoms with Crippen LogP contribution in [-0.2, 0) is 41.6 Å². The molecule has 0 heterocycles. The van der Waals surface area contributed by atoms with Gasteiger partial charge in [0.15, 0.2) is 0 Å². The molecule has 0 bridgehead atoms. The minimum Gasteiger partial charge on any atom is -0.480 e. The molecule has 0 spiro atoms. The van der Waals surface area contributed by atoms with E-state index < -0.39 is 50.1 Å². The zero-order valence-corrected chi connectivity index (χ0v) is 14.3. The summed E-state index contributed by atoms with van der Waals surface area (Å²) in [6.45, 7) is -2.25. The van der Waals surface area contributed by atoms with Crippen molar-refractivity contribution in [2.75, 3.05) is 39.3 Å². The Bertz CT molecular complexity index is 327. The molecule has 0 aromatic carbocycles. The number of carbonyl (C=O) groups is 4. The Kier molecular flexibility index (Phi) is 15.8. The van der Waals surface area contributed by atoms with Gasteiger partial charge in [-0.2, -0.15) is 0 Å². The predicted octanol–water partition coefficient (Wildman–Crippen LogP) is -1.65. The van der Waals surface area contributed by atoms with Gasteiger partial charge in [0, 0.05) is 35.5 Å². The van der Waals surface area contributed by atoms with Crippen molar-refractivity contribution in [3.05, 3.63) is 0 Å². The monoisotopic (exact) mass is 525 g/mol. The van der Waals surface area contributed by atoms with Gasteiger partial charge in [-0.3, -0.25) is 29.0 Å². The minimum absolute atomic E-state index is 0. The van der Waals surface area contributed by atoms with Crippen LogP contribution >= 0.6 is 12.4 Å². The van der Waals surface area contributed by atoms with Gasteiger partial charge in [0.1, 0.15) is 0 Å². The Morgan fingerprint density at radius 3 is 0.909 bits per heavy atom. The number of aliphatic carboxylic acids is 4. The molecule has 12 heteroatoms. The van der Waals surface area contributed by atoms with Crippen LogP contribution in [0.25, 0.3) is 0 Å². The van der Waals surface area contributed by atoms with E-state index in [4.69, 9.17) is 20.4 Å². The van der Waals surface area contributed by atoms with E-state index >= 15 is 0 Å². The molecule has 0 aliphatic heterocycles. The molecule has 0 atom stereocenters. The van der Waals surface area contributed by atoms with Crippen LogP contribution in [0.3, 0.4) is 0 Å². The van der Waals surface area contributed by atoms with Gasteiger partial charge in [-0.25, -0.2) is 0 Å². The summed E-state index contributed by atoms with van der Waals surface area (Å²) in [4.78, 5) is 44.4. The number of halogens is 1. The van der Waals surface area contributed by atoms with Crippen molar-refractivity contribution in [2.45, 2.75) is 0 Å². The summed E-state index contributed by atoms with van der Waals surface area (Å²) in [5.74, 6) is -4.91. The Morgan fingerprint density at radius 1 is 0.591 bits per heavy atom. The summed E-state index contributed by atoms with van der Waals surface area (Å²) < 4.78 is 0. The normalized spacial score (nSPS) is 9.73. The summed E-state index contributed by atoms with van der Waals surface area (Å²) in [5.41, 5.74) is 0. The molecule has 4 N–H and O–H groups in total. The number of rotatable bonds is 11. The molecule has 0 aromatic heterocycles. The van der Waals surface area contributed by atoms with Gasteiger partial charge >= 0.3 is 23.9 Å². The third-order valence-corrected chi connectivity index (χ3v) is 2.17. The van der Waals surface area contributed by atoms with Crippen molar-refractivity contribution in [1.29, 1.82) is 0 Å². The van der Waals surface area contributed by atoms with E-state index in [1.807, 2.05) is 0 Å². The zero-order chi connectivity index (χ0) is 15.7. The van der Waals surface area contributed by atoms with Crippen molar-refractivity contribution in [1.82, 2.24) is 9.80 Å². The first-order chi connectivity index (χ1) is 9.20. The Hall–Kier alpha value is -1.17. The third kappa shape index (κ3) is 15.2. The maximum atomic E-state index is 10.6. The Morgan fingerprint density at radius 2 is 0.773 bits per heavy atom. The van der Waals surface area contributed by atoms with E-state index in [9.17, 15) is 19.2 Å². The molecule has 133 valence electrons. The maximum Gasteiger partial charge on any atom is 0.317 e. The molecule has 0 saturated heterocycles. The zero-order valence-electron chi connectivity index (χ0n) is 11.3. The van der Waals surface area contributed by atoms with Crippen molar-refractivity contribution in [3.8, 4) is 0 Å². The smallest absolute Gasteiger partial charge is 0.317 e. The summed E-state index contributed by atoms with van der Waals surface area (Å²) in [6, 6.07) is 0. The van der Waals surface area contributed by atoms with E-state index in [0.29, 0.717) is 0 Å². The quantitative estimate of drug-likeness (QED) is 0.231. The topological polar surface area (TPSA) is 156 Å². The minimum atomic E-state index is -1.23. The van der Waals surface area contributed by atoms with Crippen LogP contribution in [-0.4, -0.2) is 93.4 Å². The van der Waals surface area contributed by atoms with Crippen LogP contribution in [0.15, 0.2) is 0 Å². The van der Waals surface area contributed by atoms with E-state index in [2.05, 4.69) is 0 Å². The third-order valence-electron chi connectivity index (χ3n) is 2.17. The number of nitrogens with zero attached hydrogens (tertiary/aromatic N) is 2. The molecule has 0 aromatic rings. The fraction of sp³-hybridized carbons (Fsp3) is 0.600. The second kappa shape index (κ2) is 13.5. The molecule has 0 saturated carbocycles. The molecule has 22 heavy (non-hydrogen) atoms.